The fraction of sp³-hybridized carbons (Fsp3) is 0. The summed E-state index contributed by atoms with van der Waals surface area (Å²) in [7, 11) is 0. The summed E-state index contributed by atoms with van der Waals surface area (Å²) in [6, 6.07) is 87.8. The van der Waals surface area contributed by atoms with Gasteiger partial charge in [0.25, 0.3) is 0 Å². The van der Waals surface area contributed by atoms with Crippen molar-refractivity contribution >= 4 is 55.0 Å². The minimum absolute atomic E-state index is 1.04. The molecule has 12 aromatic rings. The third kappa shape index (κ3) is 6.46. The van der Waals surface area contributed by atoms with E-state index < -0.39 is 0 Å². The average molecular weight is 804 g/mol. The van der Waals surface area contributed by atoms with Gasteiger partial charge in [-0.05, 0) is 118 Å². The maximum absolute atomic E-state index is 3.86. The molecule has 0 aliphatic heterocycles. The maximum atomic E-state index is 3.86. The number of hydrogen-bond donors (Lipinski definition) is 1. The number of benzene rings is 10. The Bertz CT molecular complexity index is 3640. The molecular formula is C60H41N3. The predicted molar refractivity (Wildman–Crippen MR) is 267 cm³/mol. The first-order valence-corrected chi connectivity index (χ1v) is 21.6. The zero-order valence-corrected chi connectivity index (χ0v) is 34.5. The van der Waals surface area contributed by atoms with E-state index in [0.717, 1.165) is 39.4 Å². The molecular weight excluding hydrogens is 763 g/mol. The molecule has 0 fully saturated rings. The molecule has 3 heteroatoms. The van der Waals surface area contributed by atoms with Crippen molar-refractivity contribution in [2.75, 3.05) is 5.32 Å². The number of para-hydroxylation sites is 3. The Kier molecular flexibility index (Phi) is 8.83. The number of nitrogens with one attached hydrogen (secondary N) is 1. The summed E-state index contributed by atoms with van der Waals surface area (Å²) in [4.78, 5) is 0. The Balaban J connectivity index is 1.02. The Labute approximate surface area is 366 Å². The van der Waals surface area contributed by atoms with E-state index in [9.17, 15) is 0 Å². The summed E-state index contributed by atoms with van der Waals surface area (Å²) in [5.74, 6) is 0. The fourth-order valence-electron chi connectivity index (χ4n) is 9.51. The van der Waals surface area contributed by atoms with E-state index in [-0.39, 0.29) is 0 Å². The highest BCUT2D eigenvalue weighted by Gasteiger charge is 2.18. The molecule has 10 aromatic carbocycles. The van der Waals surface area contributed by atoms with Crippen molar-refractivity contribution in [1.82, 2.24) is 9.13 Å². The van der Waals surface area contributed by atoms with E-state index in [1.54, 1.807) is 0 Å². The third-order valence-electron chi connectivity index (χ3n) is 12.5. The van der Waals surface area contributed by atoms with Gasteiger partial charge in [0, 0.05) is 49.9 Å². The summed E-state index contributed by atoms with van der Waals surface area (Å²) in [6.07, 6.45) is 0. The van der Waals surface area contributed by atoms with E-state index in [1.807, 2.05) is 0 Å². The quantitative estimate of drug-likeness (QED) is 0.162. The molecule has 12 rings (SSSR count). The van der Waals surface area contributed by atoms with Gasteiger partial charge in [-0.2, -0.15) is 0 Å². The molecule has 0 atom stereocenters. The highest BCUT2D eigenvalue weighted by Crippen LogP contribution is 2.41. The highest BCUT2D eigenvalue weighted by atomic mass is 15.0. The van der Waals surface area contributed by atoms with Gasteiger partial charge in [-0.3, -0.25) is 0 Å². The van der Waals surface area contributed by atoms with Gasteiger partial charge in [0.2, 0.25) is 0 Å². The van der Waals surface area contributed by atoms with Crippen LogP contribution in [0, 0.1) is 0 Å². The molecule has 2 heterocycles. The van der Waals surface area contributed by atoms with E-state index in [4.69, 9.17) is 0 Å². The van der Waals surface area contributed by atoms with Crippen molar-refractivity contribution in [1.29, 1.82) is 0 Å². The van der Waals surface area contributed by atoms with Crippen LogP contribution in [0.5, 0.6) is 0 Å². The summed E-state index contributed by atoms with van der Waals surface area (Å²) in [5.41, 5.74) is 18.5. The third-order valence-corrected chi connectivity index (χ3v) is 12.5. The fourth-order valence-corrected chi connectivity index (χ4v) is 9.51. The lowest BCUT2D eigenvalue weighted by molar-refractivity contribution is 1.18. The molecule has 63 heavy (non-hydrogen) atoms. The predicted octanol–water partition coefficient (Wildman–Crippen LogP) is 16.3. The Hall–Kier alpha value is -8.40. The molecule has 3 nitrogen and oxygen atoms in total. The zero-order chi connectivity index (χ0) is 41.7. The Morgan fingerprint density at radius 1 is 0.254 bits per heavy atom. The van der Waals surface area contributed by atoms with Crippen molar-refractivity contribution in [3.05, 3.63) is 243 Å². The number of fused-ring (bicyclic) bond motifs is 6. The first kappa shape index (κ1) is 36.5. The van der Waals surface area contributed by atoms with E-state index in [2.05, 4.69) is 257 Å². The largest absolute Gasteiger partial charge is 0.355 e. The smallest absolute Gasteiger partial charge is 0.0547 e. The van der Waals surface area contributed by atoms with Crippen LogP contribution in [0.4, 0.5) is 11.4 Å². The first-order chi connectivity index (χ1) is 31.2. The summed E-state index contributed by atoms with van der Waals surface area (Å²) < 4.78 is 4.80. The molecule has 2 aromatic heterocycles. The van der Waals surface area contributed by atoms with Gasteiger partial charge in [-0.25, -0.2) is 0 Å². The van der Waals surface area contributed by atoms with Crippen LogP contribution in [0.15, 0.2) is 243 Å². The Morgan fingerprint density at radius 3 is 1.48 bits per heavy atom. The number of aromatic nitrogens is 2. The minimum atomic E-state index is 1.04. The molecule has 0 aliphatic rings. The second kappa shape index (κ2) is 15.3. The lowest BCUT2D eigenvalue weighted by Gasteiger charge is -2.16. The van der Waals surface area contributed by atoms with Crippen LogP contribution in [0.2, 0.25) is 0 Å². The van der Waals surface area contributed by atoms with Gasteiger partial charge >= 0.3 is 0 Å². The van der Waals surface area contributed by atoms with Crippen molar-refractivity contribution < 1.29 is 0 Å². The van der Waals surface area contributed by atoms with Gasteiger partial charge in [0.05, 0.1) is 22.1 Å². The number of nitrogens with zero attached hydrogens (tertiary/aromatic N) is 2. The van der Waals surface area contributed by atoms with Crippen LogP contribution in [0.25, 0.3) is 99.5 Å². The van der Waals surface area contributed by atoms with Crippen LogP contribution in [0.3, 0.4) is 0 Å². The first-order valence-electron chi connectivity index (χ1n) is 21.6. The molecule has 1 N–H and O–H groups in total. The van der Waals surface area contributed by atoms with Crippen LogP contribution >= 0.6 is 0 Å². The molecule has 0 radical (unpaired) electrons. The lowest BCUT2D eigenvalue weighted by Crippen LogP contribution is -1.96. The minimum Gasteiger partial charge on any atom is -0.355 e. The normalized spacial score (nSPS) is 11.5. The van der Waals surface area contributed by atoms with Gasteiger partial charge in [0.15, 0.2) is 0 Å². The van der Waals surface area contributed by atoms with Crippen LogP contribution in [0.1, 0.15) is 0 Å². The number of hydrogen-bond acceptors (Lipinski definition) is 1. The summed E-state index contributed by atoms with van der Waals surface area (Å²) >= 11 is 0. The van der Waals surface area contributed by atoms with Gasteiger partial charge in [-0.15, -0.1) is 0 Å². The molecule has 0 aliphatic carbocycles. The SMILES string of the molecule is c1ccc(-c2cccc(Nc3ccc(-c4ccc5c(c4)c4ccccc4n5-c4cccc(-c5ccccc5)c4)cc3-c3ccc4c5ccccc5n(-c5ccccc5)c4c3)c2)cc1. The van der Waals surface area contributed by atoms with Crippen LogP contribution in [-0.2, 0) is 0 Å². The van der Waals surface area contributed by atoms with E-state index in [0.29, 0.717) is 0 Å². The monoisotopic (exact) mass is 803 g/mol. The lowest BCUT2D eigenvalue weighted by atomic mass is 9.95. The van der Waals surface area contributed by atoms with Crippen molar-refractivity contribution in [3.8, 4) is 55.9 Å². The van der Waals surface area contributed by atoms with Crippen molar-refractivity contribution in [3.63, 3.8) is 0 Å². The second-order valence-corrected chi connectivity index (χ2v) is 16.3. The van der Waals surface area contributed by atoms with Crippen molar-refractivity contribution in [2.45, 2.75) is 0 Å². The molecule has 0 amide bonds. The molecule has 0 spiro atoms. The molecule has 0 unspecified atom stereocenters. The summed E-state index contributed by atoms with van der Waals surface area (Å²) in [5, 5.41) is 8.79. The Morgan fingerprint density at radius 2 is 0.746 bits per heavy atom. The van der Waals surface area contributed by atoms with E-state index in [1.165, 1.54) is 71.4 Å². The van der Waals surface area contributed by atoms with Crippen LogP contribution < -0.4 is 5.32 Å². The molecule has 0 saturated heterocycles. The average Bonchev–Trinajstić information content (AvgIpc) is 3.87. The second-order valence-electron chi connectivity index (χ2n) is 16.3. The molecule has 0 saturated carbocycles. The van der Waals surface area contributed by atoms with Gasteiger partial charge in [-0.1, -0.05) is 164 Å². The highest BCUT2D eigenvalue weighted by molar-refractivity contribution is 6.12. The topological polar surface area (TPSA) is 21.9 Å². The number of anilines is 2. The molecule has 0 bridgehead atoms. The zero-order valence-electron chi connectivity index (χ0n) is 34.5. The summed E-state index contributed by atoms with van der Waals surface area (Å²) in [6.45, 7) is 0. The van der Waals surface area contributed by atoms with E-state index >= 15 is 0 Å². The molecule has 296 valence electrons. The van der Waals surface area contributed by atoms with Crippen LogP contribution in [-0.4, -0.2) is 9.13 Å². The van der Waals surface area contributed by atoms with Gasteiger partial charge < -0.3 is 14.5 Å². The standard InChI is InChI=1S/C60H41N3/c1-4-16-41(17-5-1)43-20-14-22-48(36-43)61-56-34-31-45(38-54(56)47-30-33-53-51-26-10-12-28-57(51)62(60(53)40-47)49-23-8-3-9-24-49)46-32-35-59-55(39-46)52-27-11-13-29-58(52)63(59)50-25-15-21-44(37-50)42-18-6-2-7-19-42/h1-40,61H. The maximum Gasteiger partial charge on any atom is 0.0547 e. The van der Waals surface area contributed by atoms with Gasteiger partial charge in [0.1, 0.15) is 0 Å². The van der Waals surface area contributed by atoms with Crippen molar-refractivity contribution in [2.24, 2.45) is 0 Å². The number of rotatable bonds is 8.